The fourth-order valence-electron chi connectivity index (χ4n) is 3.32. The van der Waals surface area contributed by atoms with E-state index < -0.39 is 0 Å². The molecular formula is C16H25N3O2. The van der Waals surface area contributed by atoms with E-state index in [-0.39, 0.29) is 0 Å². The van der Waals surface area contributed by atoms with Crippen LogP contribution in [-0.4, -0.2) is 49.3 Å². The Balaban J connectivity index is 1.82. The van der Waals surface area contributed by atoms with E-state index in [0.717, 1.165) is 36.6 Å². The first-order valence-electron chi connectivity index (χ1n) is 7.68. The first-order chi connectivity index (χ1) is 10.1. The van der Waals surface area contributed by atoms with Crippen molar-refractivity contribution in [2.75, 3.05) is 39.2 Å². The van der Waals surface area contributed by atoms with Gasteiger partial charge in [0.05, 0.1) is 6.61 Å². The number of likely N-dealkylation sites (N-methyl/N-ethyl adjacent to an activating group) is 1. The molecule has 0 bridgehead atoms. The lowest BCUT2D eigenvalue weighted by Crippen LogP contribution is -2.37. The van der Waals surface area contributed by atoms with Crippen LogP contribution in [-0.2, 0) is 17.9 Å². The minimum atomic E-state index is 0.336. The van der Waals surface area contributed by atoms with Gasteiger partial charge in [-0.1, -0.05) is 0 Å². The van der Waals surface area contributed by atoms with Crippen molar-refractivity contribution in [1.82, 2.24) is 9.80 Å². The summed E-state index contributed by atoms with van der Waals surface area (Å²) in [5, 5.41) is 0. The molecule has 2 aliphatic heterocycles. The van der Waals surface area contributed by atoms with Gasteiger partial charge in [-0.3, -0.25) is 4.90 Å². The molecule has 116 valence electrons. The number of benzene rings is 1. The molecule has 0 radical (unpaired) electrons. The second-order valence-electron chi connectivity index (χ2n) is 6.21. The summed E-state index contributed by atoms with van der Waals surface area (Å²) in [6.45, 7) is 7.50. The summed E-state index contributed by atoms with van der Waals surface area (Å²) in [5.74, 6) is 0.972. The van der Waals surface area contributed by atoms with Crippen molar-refractivity contribution in [2.45, 2.75) is 32.5 Å². The summed E-state index contributed by atoms with van der Waals surface area (Å²) in [6, 6.07) is 4.54. The summed E-state index contributed by atoms with van der Waals surface area (Å²) >= 11 is 0. The highest BCUT2D eigenvalue weighted by Crippen LogP contribution is 2.32. The van der Waals surface area contributed by atoms with Crippen LogP contribution in [0.3, 0.4) is 0 Å². The van der Waals surface area contributed by atoms with Crippen LogP contribution in [0.1, 0.15) is 24.5 Å². The predicted molar refractivity (Wildman–Crippen MR) is 83.1 cm³/mol. The lowest BCUT2D eigenvalue weighted by molar-refractivity contribution is -0.0175. The number of hydrogen-bond donors (Lipinski definition) is 1. The second kappa shape index (κ2) is 6.22. The fourth-order valence-corrected chi connectivity index (χ4v) is 3.32. The number of ether oxygens (including phenoxy) is 2. The van der Waals surface area contributed by atoms with E-state index in [1.807, 2.05) is 12.1 Å². The molecule has 1 aromatic rings. The second-order valence-corrected chi connectivity index (χ2v) is 6.21. The van der Waals surface area contributed by atoms with Gasteiger partial charge in [0.1, 0.15) is 5.75 Å². The molecule has 0 saturated carbocycles. The SMILES string of the molecule is CC1CN(C)CCCN1Cc1cc(N)cc2c1OCOC2. The number of rotatable bonds is 2. The largest absolute Gasteiger partial charge is 0.467 e. The van der Waals surface area contributed by atoms with E-state index in [9.17, 15) is 0 Å². The van der Waals surface area contributed by atoms with Gasteiger partial charge in [-0.25, -0.2) is 0 Å². The summed E-state index contributed by atoms with van der Waals surface area (Å²) in [5.41, 5.74) is 9.08. The van der Waals surface area contributed by atoms with E-state index in [0.29, 0.717) is 19.4 Å². The van der Waals surface area contributed by atoms with Gasteiger partial charge >= 0.3 is 0 Å². The zero-order chi connectivity index (χ0) is 14.8. The van der Waals surface area contributed by atoms with Gasteiger partial charge in [0, 0.05) is 42.5 Å². The molecule has 5 heteroatoms. The van der Waals surface area contributed by atoms with Crippen molar-refractivity contribution in [3.63, 3.8) is 0 Å². The van der Waals surface area contributed by atoms with Crippen LogP contribution in [0.5, 0.6) is 5.75 Å². The first kappa shape index (κ1) is 14.6. The third kappa shape index (κ3) is 3.31. The molecule has 1 unspecified atom stereocenters. The van der Waals surface area contributed by atoms with Crippen molar-refractivity contribution in [2.24, 2.45) is 0 Å². The lowest BCUT2D eigenvalue weighted by Gasteiger charge is -2.30. The van der Waals surface area contributed by atoms with Gasteiger partial charge in [0.2, 0.25) is 0 Å². The third-order valence-corrected chi connectivity index (χ3v) is 4.37. The van der Waals surface area contributed by atoms with Crippen molar-refractivity contribution < 1.29 is 9.47 Å². The molecule has 21 heavy (non-hydrogen) atoms. The predicted octanol–water partition coefficient (Wildman–Crippen LogP) is 1.66. The molecule has 5 nitrogen and oxygen atoms in total. The van der Waals surface area contributed by atoms with E-state index in [4.69, 9.17) is 15.2 Å². The maximum atomic E-state index is 6.04. The van der Waals surface area contributed by atoms with Crippen LogP contribution in [0.2, 0.25) is 0 Å². The van der Waals surface area contributed by atoms with Gasteiger partial charge in [-0.15, -0.1) is 0 Å². The third-order valence-electron chi connectivity index (χ3n) is 4.37. The molecule has 1 saturated heterocycles. The van der Waals surface area contributed by atoms with Crippen LogP contribution in [0.4, 0.5) is 5.69 Å². The van der Waals surface area contributed by atoms with E-state index in [2.05, 4.69) is 23.8 Å². The minimum Gasteiger partial charge on any atom is -0.467 e. The number of nitrogens with two attached hydrogens (primary N) is 1. The summed E-state index contributed by atoms with van der Waals surface area (Å²) in [7, 11) is 2.20. The average Bonchev–Trinajstić information content (AvgIpc) is 2.60. The fraction of sp³-hybridized carbons (Fsp3) is 0.625. The number of nitrogen functional groups attached to an aromatic ring is 1. The Labute approximate surface area is 126 Å². The van der Waals surface area contributed by atoms with E-state index in [1.54, 1.807) is 0 Å². The van der Waals surface area contributed by atoms with Crippen LogP contribution in [0, 0.1) is 0 Å². The molecule has 2 aliphatic rings. The summed E-state index contributed by atoms with van der Waals surface area (Å²) in [4.78, 5) is 4.93. The summed E-state index contributed by atoms with van der Waals surface area (Å²) in [6.07, 6.45) is 1.20. The smallest absolute Gasteiger partial charge is 0.189 e. The Morgan fingerprint density at radius 1 is 1.33 bits per heavy atom. The molecule has 1 fully saturated rings. The maximum absolute atomic E-state index is 6.04. The zero-order valence-corrected chi connectivity index (χ0v) is 13.0. The molecular weight excluding hydrogens is 266 g/mol. The first-order valence-corrected chi connectivity index (χ1v) is 7.68. The van der Waals surface area contributed by atoms with Gasteiger partial charge in [-0.2, -0.15) is 0 Å². The van der Waals surface area contributed by atoms with Gasteiger partial charge in [-0.05, 0) is 39.1 Å². The van der Waals surface area contributed by atoms with Crippen molar-refractivity contribution in [3.05, 3.63) is 23.3 Å². The Morgan fingerprint density at radius 2 is 2.19 bits per heavy atom. The van der Waals surface area contributed by atoms with Crippen LogP contribution < -0.4 is 10.5 Å². The standard InChI is InChI=1S/C16H25N3O2/c1-12-8-18(2)4-3-5-19(12)9-13-6-15(17)7-14-10-20-11-21-16(13)14/h6-7,12H,3-5,8-11,17H2,1-2H3. The molecule has 1 atom stereocenters. The van der Waals surface area contributed by atoms with E-state index in [1.165, 1.54) is 18.5 Å². The highest BCUT2D eigenvalue weighted by molar-refractivity contribution is 5.53. The van der Waals surface area contributed by atoms with Crippen LogP contribution >= 0.6 is 0 Å². The number of fused-ring (bicyclic) bond motifs is 1. The minimum absolute atomic E-state index is 0.336. The van der Waals surface area contributed by atoms with Crippen molar-refractivity contribution in [1.29, 1.82) is 0 Å². The Morgan fingerprint density at radius 3 is 3.05 bits per heavy atom. The molecule has 0 spiro atoms. The molecule has 2 heterocycles. The monoisotopic (exact) mass is 291 g/mol. The van der Waals surface area contributed by atoms with E-state index >= 15 is 0 Å². The van der Waals surface area contributed by atoms with Gasteiger partial charge in [0.15, 0.2) is 6.79 Å². The lowest BCUT2D eigenvalue weighted by atomic mass is 10.1. The topological polar surface area (TPSA) is 51.0 Å². The average molecular weight is 291 g/mol. The highest BCUT2D eigenvalue weighted by atomic mass is 16.7. The Bertz CT molecular complexity index is 507. The molecule has 0 amide bonds. The molecule has 1 aromatic carbocycles. The molecule has 0 aliphatic carbocycles. The maximum Gasteiger partial charge on any atom is 0.189 e. The van der Waals surface area contributed by atoms with Crippen molar-refractivity contribution in [3.8, 4) is 5.75 Å². The number of anilines is 1. The van der Waals surface area contributed by atoms with Crippen molar-refractivity contribution >= 4 is 5.69 Å². The van der Waals surface area contributed by atoms with Gasteiger partial charge < -0.3 is 20.1 Å². The van der Waals surface area contributed by atoms with Crippen LogP contribution in [0.15, 0.2) is 12.1 Å². The Kier molecular flexibility index (Phi) is 4.33. The quantitative estimate of drug-likeness (QED) is 0.840. The van der Waals surface area contributed by atoms with Gasteiger partial charge in [0.25, 0.3) is 0 Å². The molecule has 2 N–H and O–H groups in total. The Hall–Kier alpha value is -1.30. The number of nitrogens with zero attached hydrogens (tertiary/aromatic N) is 2. The molecule has 0 aromatic heterocycles. The number of hydrogen-bond acceptors (Lipinski definition) is 5. The summed E-state index contributed by atoms with van der Waals surface area (Å²) < 4.78 is 11.1. The zero-order valence-electron chi connectivity index (χ0n) is 13.0. The molecule has 3 rings (SSSR count). The highest BCUT2D eigenvalue weighted by Gasteiger charge is 2.23. The normalized spacial score (nSPS) is 24.2. The van der Waals surface area contributed by atoms with Crippen LogP contribution in [0.25, 0.3) is 0 Å².